The van der Waals surface area contributed by atoms with E-state index in [1.807, 2.05) is 48.1 Å². The lowest BCUT2D eigenvalue weighted by Crippen LogP contribution is -2.07. The average molecular weight is 237 g/mol. The second kappa shape index (κ2) is 5.47. The molecule has 1 aromatic heterocycles. The van der Waals surface area contributed by atoms with E-state index >= 15 is 0 Å². The zero-order valence-electron chi connectivity index (χ0n) is 8.96. The van der Waals surface area contributed by atoms with Crippen molar-refractivity contribution in [3.8, 4) is 0 Å². The van der Waals surface area contributed by atoms with Crippen molar-refractivity contribution >= 4 is 18.2 Å². The number of benzene rings is 1. The van der Waals surface area contributed by atoms with Crippen LogP contribution in [0.4, 0.5) is 0 Å². The Labute approximate surface area is 101 Å². The highest BCUT2D eigenvalue weighted by Crippen LogP contribution is 2.05. The maximum Gasteiger partial charge on any atom is 0.170 e. The van der Waals surface area contributed by atoms with Crippen molar-refractivity contribution in [2.75, 3.05) is 0 Å². The van der Waals surface area contributed by atoms with Gasteiger partial charge in [-0.2, -0.15) is 0 Å². The lowest BCUT2D eigenvalue weighted by molar-refractivity contribution is 0.0990. The van der Waals surface area contributed by atoms with Crippen LogP contribution in [0.5, 0.6) is 0 Å². The van der Waals surface area contributed by atoms with Gasteiger partial charge in [-0.25, -0.2) is 4.98 Å². The highest BCUT2D eigenvalue weighted by molar-refractivity contribution is 5.97. The van der Waals surface area contributed by atoms with Crippen LogP contribution in [0, 0.1) is 0 Å². The number of hydrogen-bond acceptors (Lipinski definition) is 2. The largest absolute Gasteiger partial charge is 0.338 e. The summed E-state index contributed by atoms with van der Waals surface area (Å²) in [5, 5.41) is 0. The Morgan fingerprint density at radius 1 is 1.31 bits per heavy atom. The number of rotatable bonds is 3. The van der Waals surface area contributed by atoms with Crippen LogP contribution in [0.15, 0.2) is 42.7 Å². The summed E-state index contributed by atoms with van der Waals surface area (Å²) in [7, 11) is 1.89. The van der Waals surface area contributed by atoms with Crippen molar-refractivity contribution in [2.45, 2.75) is 6.42 Å². The number of carbonyl (C=O) groups is 1. The molecule has 0 N–H and O–H groups in total. The summed E-state index contributed by atoms with van der Waals surface area (Å²) in [6.07, 6.45) is 3.90. The summed E-state index contributed by atoms with van der Waals surface area (Å²) in [5.74, 6) is 0.897. The minimum absolute atomic E-state index is 0. The van der Waals surface area contributed by atoms with Crippen molar-refractivity contribution < 1.29 is 4.79 Å². The number of carbonyl (C=O) groups excluding carboxylic acids is 1. The molecule has 1 heterocycles. The lowest BCUT2D eigenvalue weighted by atomic mass is 10.1. The minimum Gasteiger partial charge on any atom is -0.338 e. The molecule has 2 aromatic rings. The third-order valence-corrected chi connectivity index (χ3v) is 2.34. The summed E-state index contributed by atoms with van der Waals surface area (Å²) in [6.45, 7) is 0. The van der Waals surface area contributed by atoms with Crippen molar-refractivity contribution in [1.29, 1.82) is 0 Å². The van der Waals surface area contributed by atoms with E-state index in [2.05, 4.69) is 4.98 Å². The van der Waals surface area contributed by atoms with Gasteiger partial charge < -0.3 is 4.57 Å². The molecule has 0 radical (unpaired) electrons. The van der Waals surface area contributed by atoms with E-state index in [4.69, 9.17) is 0 Å². The predicted octanol–water partition coefficient (Wildman–Crippen LogP) is 2.27. The Bertz CT molecular complexity index is 465. The molecule has 0 amide bonds. The van der Waals surface area contributed by atoms with Gasteiger partial charge in [-0.3, -0.25) is 4.79 Å². The number of nitrogens with zero attached hydrogens (tertiary/aromatic N) is 2. The molecule has 0 saturated heterocycles. The number of imidazole rings is 1. The lowest BCUT2D eigenvalue weighted by Gasteiger charge is -2.01. The fraction of sp³-hybridized carbons (Fsp3) is 0.167. The van der Waals surface area contributed by atoms with Gasteiger partial charge in [0.1, 0.15) is 5.82 Å². The van der Waals surface area contributed by atoms with E-state index in [1.165, 1.54) is 0 Å². The number of Topliss-reactive ketones (excluding diaryl/α,β-unsaturated/α-hetero) is 1. The predicted molar refractivity (Wildman–Crippen MR) is 64.9 cm³/mol. The highest BCUT2D eigenvalue weighted by Gasteiger charge is 2.08. The zero-order valence-corrected chi connectivity index (χ0v) is 9.78. The molecular weight excluding hydrogens is 224 g/mol. The van der Waals surface area contributed by atoms with E-state index in [0.29, 0.717) is 6.42 Å². The molecular formula is C12H13ClN2O. The van der Waals surface area contributed by atoms with Gasteiger partial charge in [0.25, 0.3) is 0 Å². The third kappa shape index (κ3) is 2.70. The van der Waals surface area contributed by atoms with Crippen LogP contribution >= 0.6 is 12.4 Å². The zero-order chi connectivity index (χ0) is 10.7. The second-order valence-electron chi connectivity index (χ2n) is 3.42. The summed E-state index contributed by atoms with van der Waals surface area (Å²) < 4.78 is 1.86. The molecule has 0 spiro atoms. The SMILES string of the molecule is Cl.Cn1ccnc1CC(=O)c1ccccc1. The van der Waals surface area contributed by atoms with Crippen LogP contribution in [-0.2, 0) is 13.5 Å². The molecule has 1 aromatic carbocycles. The molecule has 2 rings (SSSR count). The molecule has 4 heteroatoms. The van der Waals surface area contributed by atoms with Crippen LogP contribution < -0.4 is 0 Å². The van der Waals surface area contributed by atoms with E-state index in [-0.39, 0.29) is 18.2 Å². The maximum absolute atomic E-state index is 11.8. The Morgan fingerprint density at radius 3 is 2.56 bits per heavy atom. The first-order chi connectivity index (χ1) is 7.27. The van der Waals surface area contributed by atoms with Gasteiger partial charge in [0.15, 0.2) is 5.78 Å². The highest BCUT2D eigenvalue weighted by atomic mass is 35.5. The first-order valence-electron chi connectivity index (χ1n) is 4.82. The molecule has 0 fully saturated rings. The fourth-order valence-electron chi connectivity index (χ4n) is 1.44. The molecule has 0 aliphatic carbocycles. The molecule has 0 aliphatic rings. The summed E-state index contributed by atoms with van der Waals surface area (Å²) in [4.78, 5) is 15.9. The van der Waals surface area contributed by atoms with E-state index < -0.39 is 0 Å². The quantitative estimate of drug-likeness (QED) is 0.767. The Balaban J connectivity index is 0.00000128. The minimum atomic E-state index is 0. The van der Waals surface area contributed by atoms with Gasteiger partial charge in [0.2, 0.25) is 0 Å². The van der Waals surface area contributed by atoms with Gasteiger partial charge in [-0.15, -0.1) is 12.4 Å². The summed E-state index contributed by atoms with van der Waals surface area (Å²) in [6, 6.07) is 9.28. The number of halogens is 1. The van der Waals surface area contributed by atoms with Crippen LogP contribution in [-0.4, -0.2) is 15.3 Å². The monoisotopic (exact) mass is 236 g/mol. The summed E-state index contributed by atoms with van der Waals surface area (Å²) in [5.41, 5.74) is 0.737. The maximum atomic E-state index is 11.8. The number of aromatic nitrogens is 2. The molecule has 0 atom stereocenters. The smallest absolute Gasteiger partial charge is 0.170 e. The number of ketones is 1. The Kier molecular flexibility index (Phi) is 4.26. The van der Waals surface area contributed by atoms with Crippen LogP contribution in [0.3, 0.4) is 0 Å². The van der Waals surface area contributed by atoms with Gasteiger partial charge in [-0.05, 0) is 0 Å². The van der Waals surface area contributed by atoms with Crippen molar-refractivity contribution in [1.82, 2.24) is 9.55 Å². The first kappa shape index (κ1) is 12.5. The Morgan fingerprint density at radius 2 is 2.00 bits per heavy atom. The van der Waals surface area contributed by atoms with Crippen molar-refractivity contribution in [3.05, 3.63) is 54.1 Å². The van der Waals surface area contributed by atoms with Crippen molar-refractivity contribution in [3.63, 3.8) is 0 Å². The van der Waals surface area contributed by atoms with Crippen LogP contribution in [0.25, 0.3) is 0 Å². The van der Waals surface area contributed by atoms with E-state index in [9.17, 15) is 4.79 Å². The molecule has 0 aliphatic heterocycles. The third-order valence-electron chi connectivity index (χ3n) is 2.34. The normalized spacial score (nSPS) is 9.56. The van der Waals surface area contributed by atoms with Gasteiger partial charge in [0.05, 0.1) is 6.42 Å². The average Bonchev–Trinajstić information content (AvgIpc) is 2.66. The standard InChI is InChI=1S/C12H12N2O.ClH/c1-14-8-7-13-12(14)9-11(15)10-5-3-2-4-6-10;/h2-8H,9H2,1H3;1H. The number of aryl methyl sites for hydroxylation is 1. The summed E-state index contributed by atoms with van der Waals surface area (Å²) >= 11 is 0. The second-order valence-corrected chi connectivity index (χ2v) is 3.42. The van der Waals surface area contributed by atoms with Gasteiger partial charge >= 0.3 is 0 Å². The molecule has 0 unspecified atom stereocenters. The fourth-order valence-corrected chi connectivity index (χ4v) is 1.44. The Hall–Kier alpha value is -1.61. The van der Waals surface area contributed by atoms with Gasteiger partial charge in [0, 0.05) is 25.0 Å². The van der Waals surface area contributed by atoms with Gasteiger partial charge in [-0.1, -0.05) is 30.3 Å². The first-order valence-corrected chi connectivity index (χ1v) is 4.82. The van der Waals surface area contributed by atoms with Crippen LogP contribution in [0.2, 0.25) is 0 Å². The molecule has 16 heavy (non-hydrogen) atoms. The van der Waals surface area contributed by atoms with Crippen LogP contribution in [0.1, 0.15) is 16.2 Å². The van der Waals surface area contributed by atoms with E-state index in [0.717, 1.165) is 11.4 Å². The molecule has 84 valence electrons. The van der Waals surface area contributed by atoms with Crippen molar-refractivity contribution in [2.24, 2.45) is 7.05 Å². The van der Waals surface area contributed by atoms with E-state index in [1.54, 1.807) is 6.20 Å². The topological polar surface area (TPSA) is 34.9 Å². The molecule has 0 saturated carbocycles. The molecule has 3 nitrogen and oxygen atoms in total. The number of hydrogen-bond donors (Lipinski definition) is 0. The molecule has 0 bridgehead atoms.